The first kappa shape index (κ1) is 12.3. The second-order valence-electron chi connectivity index (χ2n) is 3.37. The zero-order valence-electron chi connectivity index (χ0n) is 8.91. The lowest BCUT2D eigenvalue weighted by molar-refractivity contribution is -0.384. The lowest BCUT2D eigenvalue weighted by atomic mass is 10.1. The Morgan fingerprint density at radius 2 is 2.17 bits per heavy atom. The molecule has 0 aliphatic rings. The van der Waals surface area contributed by atoms with Crippen molar-refractivity contribution in [3.8, 4) is 11.3 Å². The van der Waals surface area contributed by atoms with E-state index in [-0.39, 0.29) is 5.69 Å². The molecule has 1 heterocycles. The van der Waals surface area contributed by atoms with Crippen molar-refractivity contribution < 1.29 is 14.5 Å². The molecular weight excluding hydrogens is 304 g/mol. The van der Waals surface area contributed by atoms with Crippen LogP contribution in [0.3, 0.4) is 0 Å². The molecule has 1 aromatic heterocycles. The highest BCUT2D eigenvalue weighted by atomic mass is 79.9. The molecular formula is C11H7BrN2O4. The van der Waals surface area contributed by atoms with Crippen molar-refractivity contribution in [3.63, 3.8) is 0 Å². The third kappa shape index (κ3) is 2.40. The molecule has 0 unspecified atom stereocenters. The fourth-order valence-corrected chi connectivity index (χ4v) is 1.84. The van der Waals surface area contributed by atoms with Gasteiger partial charge in [-0.3, -0.25) is 10.1 Å². The van der Waals surface area contributed by atoms with Crippen molar-refractivity contribution >= 4 is 27.8 Å². The Kier molecular flexibility index (Phi) is 3.42. The summed E-state index contributed by atoms with van der Waals surface area (Å²) in [6.07, 6.45) is 1.11. The van der Waals surface area contributed by atoms with E-state index in [9.17, 15) is 10.1 Å². The molecule has 2 rings (SSSR count). The van der Waals surface area contributed by atoms with Gasteiger partial charge in [-0.05, 0) is 24.3 Å². The number of benzene rings is 1. The van der Waals surface area contributed by atoms with E-state index in [4.69, 9.17) is 9.62 Å². The number of hydrogen-bond acceptors (Lipinski definition) is 5. The summed E-state index contributed by atoms with van der Waals surface area (Å²) in [5.41, 5.74) is 0.298. The van der Waals surface area contributed by atoms with Crippen LogP contribution in [0.15, 0.2) is 44.4 Å². The molecule has 0 fully saturated rings. The second-order valence-corrected chi connectivity index (χ2v) is 4.28. The minimum Gasteiger partial charge on any atom is -0.455 e. The zero-order valence-corrected chi connectivity index (χ0v) is 10.5. The molecule has 92 valence electrons. The van der Waals surface area contributed by atoms with E-state index >= 15 is 0 Å². The fraction of sp³-hybridized carbons (Fsp3) is 0. The molecule has 0 aliphatic carbocycles. The first-order chi connectivity index (χ1) is 8.61. The quantitative estimate of drug-likeness (QED) is 0.407. The van der Waals surface area contributed by atoms with Crippen molar-refractivity contribution in [1.82, 2.24) is 0 Å². The molecule has 0 aliphatic heterocycles. The molecule has 0 saturated heterocycles. The van der Waals surface area contributed by atoms with Gasteiger partial charge in [-0.1, -0.05) is 21.1 Å². The molecule has 0 bridgehead atoms. The van der Waals surface area contributed by atoms with Crippen LogP contribution in [0, 0.1) is 10.1 Å². The van der Waals surface area contributed by atoms with Crippen LogP contribution in [-0.4, -0.2) is 16.3 Å². The van der Waals surface area contributed by atoms with E-state index in [0.717, 1.165) is 6.21 Å². The number of halogens is 1. The first-order valence-electron chi connectivity index (χ1n) is 4.83. The fourth-order valence-electron chi connectivity index (χ4n) is 1.49. The van der Waals surface area contributed by atoms with Crippen LogP contribution in [0.25, 0.3) is 11.3 Å². The van der Waals surface area contributed by atoms with Crippen LogP contribution in [0.5, 0.6) is 0 Å². The number of oxime groups is 1. The van der Waals surface area contributed by atoms with Crippen molar-refractivity contribution in [3.05, 3.63) is 50.7 Å². The molecule has 0 radical (unpaired) electrons. The average molecular weight is 311 g/mol. The number of nitrogens with zero attached hydrogens (tertiary/aromatic N) is 2. The van der Waals surface area contributed by atoms with E-state index in [1.165, 1.54) is 6.07 Å². The average Bonchev–Trinajstić information content (AvgIpc) is 2.78. The van der Waals surface area contributed by atoms with Gasteiger partial charge in [-0.2, -0.15) is 0 Å². The predicted octanol–water partition coefficient (Wildman–Crippen LogP) is 3.43. The minimum absolute atomic E-state index is 0.0637. The summed E-state index contributed by atoms with van der Waals surface area (Å²) in [7, 11) is 0. The summed E-state index contributed by atoms with van der Waals surface area (Å²) in [6, 6.07) is 7.80. The SMILES string of the molecule is O=[N+]([O-])c1cc(Br)ccc1-c1ccc(/C=N\O)o1. The highest BCUT2D eigenvalue weighted by molar-refractivity contribution is 9.10. The highest BCUT2D eigenvalue weighted by Gasteiger charge is 2.18. The first-order valence-corrected chi connectivity index (χ1v) is 5.62. The van der Waals surface area contributed by atoms with Crippen LogP contribution in [-0.2, 0) is 0 Å². The van der Waals surface area contributed by atoms with Gasteiger partial charge in [0.2, 0.25) is 0 Å². The van der Waals surface area contributed by atoms with E-state index in [0.29, 0.717) is 21.6 Å². The number of furan rings is 1. The number of nitro benzene ring substituents is 1. The second kappa shape index (κ2) is 5.01. The minimum atomic E-state index is -0.484. The van der Waals surface area contributed by atoms with Gasteiger partial charge in [-0.15, -0.1) is 0 Å². The number of nitro groups is 1. The van der Waals surface area contributed by atoms with Gasteiger partial charge in [0.25, 0.3) is 5.69 Å². The van der Waals surface area contributed by atoms with Crippen LogP contribution in [0.2, 0.25) is 0 Å². The number of hydrogen-bond donors (Lipinski definition) is 1. The maximum atomic E-state index is 11.0. The van der Waals surface area contributed by atoms with Gasteiger partial charge in [0.1, 0.15) is 17.7 Å². The Morgan fingerprint density at radius 3 is 2.83 bits per heavy atom. The van der Waals surface area contributed by atoms with Crippen molar-refractivity contribution in [2.45, 2.75) is 0 Å². The summed E-state index contributed by atoms with van der Waals surface area (Å²) in [4.78, 5) is 10.5. The summed E-state index contributed by atoms with van der Waals surface area (Å²) in [5.74, 6) is 0.647. The largest absolute Gasteiger partial charge is 0.455 e. The Bertz CT molecular complexity index is 621. The van der Waals surface area contributed by atoms with Gasteiger partial charge >= 0.3 is 0 Å². The predicted molar refractivity (Wildman–Crippen MR) is 67.9 cm³/mol. The summed E-state index contributed by atoms with van der Waals surface area (Å²) >= 11 is 3.18. The molecule has 7 heteroatoms. The van der Waals surface area contributed by atoms with Crippen molar-refractivity contribution in [1.29, 1.82) is 0 Å². The van der Waals surface area contributed by atoms with Gasteiger partial charge < -0.3 is 9.62 Å². The lowest BCUT2D eigenvalue weighted by Gasteiger charge is -2.00. The van der Waals surface area contributed by atoms with Crippen LogP contribution < -0.4 is 0 Å². The normalized spacial score (nSPS) is 10.9. The maximum absolute atomic E-state index is 11.0. The topological polar surface area (TPSA) is 88.9 Å². The van der Waals surface area contributed by atoms with Crippen LogP contribution in [0.4, 0.5) is 5.69 Å². The molecule has 6 nitrogen and oxygen atoms in total. The molecule has 0 saturated carbocycles. The third-order valence-electron chi connectivity index (χ3n) is 2.23. The molecule has 18 heavy (non-hydrogen) atoms. The van der Waals surface area contributed by atoms with Gasteiger partial charge in [0.05, 0.1) is 10.5 Å². The van der Waals surface area contributed by atoms with Gasteiger partial charge in [0.15, 0.2) is 0 Å². The van der Waals surface area contributed by atoms with E-state index < -0.39 is 4.92 Å². The Balaban J connectivity index is 2.52. The lowest BCUT2D eigenvalue weighted by Crippen LogP contribution is -1.91. The standard InChI is InChI=1S/C11H7BrN2O4/c12-7-1-3-9(10(5-7)14(16)17)11-4-2-8(18-11)6-13-15/h1-6,15H/b13-6-. The smallest absolute Gasteiger partial charge is 0.281 e. The third-order valence-corrected chi connectivity index (χ3v) is 2.73. The van der Waals surface area contributed by atoms with Crippen molar-refractivity contribution in [2.75, 3.05) is 0 Å². The van der Waals surface area contributed by atoms with Gasteiger partial charge in [0, 0.05) is 10.5 Å². The Morgan fingerprint density at radius 1 is 1.39 bits per heavy atom. The molecule has 0 amide bonds. The zero-order chi connectivity index (χ0) is 13.1. The summed E-state index contributed by atoms with van der Waals surface area (Å²) in [6.45, 7) is 0. The highest BCUT2D eigenvalue weighted by Crippen LogP contribution is 2.33. The summed E-state index contributed by atoms with van der Waals surface area (Å²) < 4.78 is 5.92. The van der Waals surface area contributed by atoms with E-state index in [1.54, 1.807) is 24.3 Å². The molecule has 1 N–H and O–H groups in total. The molecule has 2 aromatic rings. The Labute approximate surface area is 110 Å². The monoisotopic (exact) mass is 310 g/mol. The van der Waals surface area contributed by atoms with Crippen molar-refractivity contribution in [2.24, 2.45) is 5.16 Å². The molecule has 0 spiro atoms. The van der Waals surface area contributed by atoms with Crippen LogP contribution >= 0.6 is 15.9 Å². The number of rotatable bonds is 3. The van der Waals surface area contributed by atoms with E-state index in [1.807, 2.05) is 0 Å². The van der Waals surface area contributed by atoms with E-state index in [2.05, 4.69) is 21.1 Å². The summed E-state index contributed by atoms with van der Waals surface area (Å²) in [5, 5.41) is 22.2. The molecule has 1 aromatic carbocycles. The maximum Gasteiger partial charge on any atom is 0.281 e. The Hall–Kier alpha value is -2.15. The van der Waals surface area contributed by atoms with Crippen LogP contribution in [0.1, 0.15) is 5.76 Å². The molecule has 0 atom stereocenters. The van der Waals surface area contributed by atoms with Gasteiger partial charge in [-0.25, -0.2) is 0 Å².